The van der Waals surface area contributed by atoms with Crippen molar-refractivity contribution in [3.05, 3.63) is 68.7 Å². The van der Waals surface area contributed by atoms with Crippen LogP contribution in [0.2, 0.25) is 10.0 Å². The maximum atomic E-state index is 11.3. The van der Waals surface area contributed by atoms with E-state index in [1.165, 1.54) is 12.2 Å². The minimum atomic E-state index is -0.372. The first-order valence-electron chi connectivity index (χ1n) is 9.72. The van der Waals surface area contributed by atoms with E-state index in [9.17, 15) is 4.79 Å². The summed E-state index contributed by atoms with van der Waals surface area (Å²) in [7, 11) is 0. The van der Waals surface area contributed by atoms with E-state index in [0.29, 0.717) is 53.5 Å². The molecule has 9 heteroatoms. The van der Waals surface area contributed by atoms with Crippen LogP contribution in [0.5, 0.6) is 17.2 Å². The predicted octanol–water partition coefficient (Wildman–Crippen LogP) is 7.12. The summed E-state index contributed by atoms with van der Waals surface area (Å²) in [5.74, 6) is 1.19. The Balaban J connectivity index is 1.75. The van der Waals surface area contributed by atoms with Crippen LogP contribution in [-0.2, 0) is 9.53 Å². The van der Waals surface area contributed by atoms with Gasteiger partial charge in [-0.2, -0.15) is 0 Å². The number of benzene rings is 2. The van der Waals surface area contributed by atoms with Crippen LogP contribution in [-0.4, -0.2) is 32.4 Å². The van der Waals surface area contributed by atoms with Crippen LogP contribution >= 0.6 is 46.4 Å². The van der Waals surface area contributed by atoms with Crippen LogP contribution in [0.4, 0.5) is 0 Å². The van der Waals surface area contributed by atoms with Gasteiger partial charge in [0.15, 0.2) is 5.75 Å². The first-order valence-corrected chi connectivity index (χ1v) is 11.2. The third-order valence-corrected chi connectivity index (χ3v) is 4.71. The van der Waals surface area contributed by atoms with Gasteiger partial charge in [0.25, 0.3) is 0 Å². The summed E-state index contributed by atoms with van der Waals surface area (Å²) in [6, 6.07) is 10.6. The molecule has 5 nitrogen and oxygen atoms in total. The highest BCUT2D eigenvalue weighted by atomic mass is 35.5. The van der Waals surface area contributed by atoms with Crippen molar-refractivity contribution in [2.75, 3.05) is 26.4 Å². The first kappa shape index (κ1) is 26.2. The molecular formula is C23H22Cl4O5. The standard InChI is InChI=1S/C23H22Cl4O5/c1-2-29-22(28)9-6-16-4-7-17(8-5-16)30-11-3-12-32-23-19(24)14-18(15-20(23)25)31-13-10-21(26)27/h4-10,14-15H,2-3,11-13H2,1H3. The van der Waals surface area contributed by atoms with E-state index in [0.717, 1.165) is 5.56 Å². The van der Waals surface area contributed by atoms with Crippen molar-refractivity contribution in [2.24, 2.45) is 0 Å². The number of hydrogen-bond donors (Lipinski definition) is 0. The van der Waals surface area contributed by atoms with E-state index in [-0.39, 0.29) is 17.1 Å². The largest absolute Gasteiger partial charge is 0.493 e. The van der Waals surface area contributed by atoms with Gasteiger partial charge in [-0.1, -0.05) is 58.5 Å². The number of ether oxygens (including phenoxy) is 4. The molecule has 0 aliphatic rings. The number of rotatable bonds is 12. The van der Waals surface area contributed by atoms with E-state index >= 15 is 0 Å². The number of esters is 1. The highest BCUT2D eigenvalue weighted by Gasteiger charge is 2.10. The van der Waals surface area contributed by atoms with Crippen LogP contribution in [0, 0.1) is 0 Å². The van der Waals surface area contributed by atoms with Gasteiger partial charge in [-0.25, -0.2) is 4.79 Å². The van der Waals surface area contributed by atoms with Gasteiger partial charge in [-0.15, -0.1) is 0 Å². The van der Waals surface area contributed by atoms with Crippen LogP contribution in [0.25, 0.3) is 6.08 Å². The molecular weight excluding hydrogens is 498 g/mol. The Morgan fingerprint density at radius 2 is 1.59 bits per heavy atom. The zero-order valence-electron chi connectivity index (χ0n) is 17.3. The van der Waals surface area contributed by atoms with Gasteiger partial charge in [-0.05, 0) is 36.8 Å². The molecule has 0 heterocycles. The average Bonchev–Trinajstić information content (AvgIpc) is 2.74. The first-order chi connectivity index (χ1) is 15.4. The minimum absolute atomic E-state index is 0.117. The van der Waals surface area contributed by atoms with Crippen molar-refractivity contribution in [3.8, 4) is 17.2 Å². The maximum Gasteiger partial charge on any atom is 0.330 e. The Bertz CT molecular complexity index is 915. The van der Waals surface area contributed by atoms with Crippen LogP contribution in [0.3, 0.4) is 0 Å². The second kappa shape index (κ2) is 14.2. The highest BCUT2D eigenvalue weighted by molar-refractivity contribution is 6.55. The molecule has 32 heavy (non-hydrogen) atoms. The van der Waals surface area contributed by atoms with E-state index in [1.54, 1.807) is 25.1 Å². The summed E-state index contributed by atoms with van der Waals surface area (Å²) in [6.07, 6.45) is 5.19. The minimum Gasteiger partial charge on any atom is -0.493 e. The Morgan fingerprint density at radius 1 is 0.938 bits per heavy atom. The maximum absolute atomic E-state index is 11.3. The molecule has 0 bridgehead atoms. The Labute approximate surface area is 207 Å². The molecule has 172 valence electrons. The lowest BCUT2D eigenvalue weighted by Gasteiger charge is -2.12. The summed E-state index contributed by atoms with van der Waals surface area (Å²) in [4.78, 5) is 11.3. The molecule has 0 aromatic heterocycles. The van der Waals surface area contributed by atoms with Crippen LogP contribution < -0.4 is 14.2 Å². The van der Waals surface area contributed by atoms with Gasteiger partial charge in [-0.3, -0.25) is 0 Å². The third kappa shape index (κ3) is 9.61. The normalized spacial score (nSPS) is 10.7. The number of carbonyl (C=O) groups excluding carboxylic acids is 1. The summed E-state index contributed by atoms with van der Waals surface area (Å²) < 4.78 is 21.8. The highest BCUT2D eigenvalue weighted by Crippen LogP contribution is 2.37. The van der Waals surface area contributed by atoms with Crippen LogP contribution in [0.15, 0.2) is 53.0 Å². The van der Waals surface area contributed by atoms with E-state index in [1.807, 2.05) is 24.3 Å². The predicted molar refractivity (Wildman–Crippen MR) is 129 cm³/mol. The molecule has 2 aromatic carbocycles. The van der Waals surface area contributed by atoms with E-state index in [4.69, 9.17) is 65.4 Å². The number of hydrogen-bond acceptors (Lipinski definition) is 5. The lowest BCUT2D eigenvalue weighted by atomic mass is 10.2. The summed E-state index contributed by atoms with van der Waals surface area (Å²) in [6.45, 7) is 3.11. The molecule has 0 radical (unpaired) electrons. The second-order valence-electron chi connectivity index (χ2n) is 6.23. The van der Waals surface area contributed by atoms with Crippen LogP contribution in [0.1, 0.15) is 18.9 Å². The van der Waals surface area contributed by atoms with Crippen molar-refractivity contribution >= 4 is 58.4 Å². The van der Waals surface area contributed by atoms with Gasteiger partial charge < -0.3 is 18.9 Å². The molecule has 0 amide bonds. The van der Waals surface area contributed by atoms with Crippen molar-refractivity contribution in [1.82, 2.24) is 0 Å². The molecule has 0 aliphatic carbocycles. The van der Waals surface area contributed by atoms with Gasteiger partial charge in [0, 0.05) is 24.6 Å². The molecule has 0 N–H and O–H groups in total. The molecule has 0 atom stereocenters. The molecule has 0 unspecified atom stereocenters. The lowest BCUT2D eigenvalue weighted by molar-refractivity contribution is -0.137. The topological polar surface area (TPSA) is 54.0 Å². The van der Waals surface area contributed by atoms with E-state index < -0.39 is 0 Å². The Hall–Kier alpha value is -2.05. The second-order valence-corrected chi connectivity index (χ2v) is 8.05. The fraction of sp³-hybridized carbons (Fsp3) is 0.261. The number of halogens is 4. The monoisotopic (exact) mass is 518 g/mol. The van der Waals surface area contributed by atoms with Gasteiger partial charge in [0.2, 0.25) is 0 Å². The summed E-state index contributed by atoms with van der Waals surface area (Å²) in [5.41, 5.74) is 0.868. The van der Waals surface area contributed by atoms with Gasteiger partial charge in [0.1, 0.15) is 22.6 Å². The zero-order valence-corrected chi connectivity index (χ0v) is 20.3. The summed E-state index contributed by atoms with van der Waals surface area (Å²) in [5, 5.41) is 0.668. The van der Waals surface area contributed by atoms with Crippen molar-refractivity contribution in [1.29, 1.82) is 0 Å². The molecule has 0 saturated carbocycles. The van der Waals surface area contributed by atoms with Crippen molar-refractivity contribution in [2.45, 2.75) is 13.3 Å². The molecule has 0 spiro atoms. The lowest BCUT2D eigenvalue weighted by Crippen LogP contribution is -2.05. The van der Waals surface area contributed by atoms with Gasteiger partial charge >= 0.3 is 5.97 Å². The third-order valence-electron chi connectivity index (χ3n) is 3.84. The number of carbonyl (C=O) groups is 1. The zero-order chi connectivity index (χ0) is 23.3. The molecule has 2 rings (SSSR count). The van der Waals surface area contributed by atoms with Crippen molar-refractivity contribution in [3.63, 3.8) is 0 Å². The fourth-order valence-corrected chi connectivity index (χ4v) is 3.11. The molecule has 0 fully saturated rings. The summed E-state index contributed by atoms with van der Waals surface area (Å²) >= 11 is 23.6. The molecule has 0 saturated heterocycles. The van der Waals surface area contributed by atoms with E-state index in [2.05, 4.69) is 0 Å². The average molecular weight is 520 g/mol. The van der Waals surface area contributed by atoms with Gasteiger partial charge in [0.05, 0.1) is 29.9 Å². The molecule has 2 aromatic rings. The Morgan fingerprint density at radius 3 is 2.22 bits per heavy atom. The Kier molecular flexibility index (Phi) is 11.6. The quantitative estimate of drug-likeness (QED) is 0.170. The van der Waals surface area contributed by atoms with Crippen molar-refractivity contribution < 1.29 is 23.7 Å². The fourth-order valence-electron chi connectivity index (χ4n) is 2.41. The smallest absolute Gasteiger partial charge is 0.330 e. The molecule has 0 aliphatic heterocycles. The SMILES string of the molecule is CCOC(=O)C=Cc1ccc(OCCCOc2c(Cl)cc(OCC=C(Cl)Cl)cc2Cl)cc1.